The first-order chi connectivity index (χ1) is 6.97. The Morgan fingerprint density at radius 2 is 1.93 bits per heavy atom. The Balaban J connectivity index is 3.80. The highest BCUT2D eigenvalue weighted by Gasteiger charge is 2.16. The summed E-state index contributed by atoms with van der Waals surface area (Å²) in [7, 11) is 0. The quantitative estimate of drug-likeness (QED) is 0.681. The van der Waals surface area contributed by atoms with Gasteiger partial charge in [-0.1, -0.05) is 33.6 Å². The summed E-state index contributed by atoms with van der Waals surface area (Å²) in [4.78, 5) is 11.6. The third-order valence-corrected chi connectivity index (χ3v) is 2.44. The van der Waals surface area contributed by atoms with Crippen molar-refractivity contribution in [2.75, 3.05) is 0 Å². The van der Waals surface area contributed by atoms with Crippen LogP contribution in [0.15, 0.2) is 0 Å². The van der Waals surface area contributed by atoms with E-state index in [0.717, 1.165) is 25.7 Å². The Bertz CT molecular complexity index is 180. The summed E-state index contributed by atoms with van der Waals surface area (Å²) < 4.78 is 0. The van der Waals surface area contributed by atoms with Gasteiger partial charge in [0.25, 0.3) is 0 Å². The Morgan fingerprint density at radius 1 is 1.33 bits per heavy atom. The molecule has 0 aliphatic carbocycles. The lowest BCUT2D eigenvalue weighted by Gasteiger charge is -2.18. The van der Waals surface area contributed by atoms with Crippen LogP contribution in [0.2, 0.25) is 0 Å². The molecule has 0 radical (unpaired) electrons. The number of amides is 1. The summed E-state index contributed by atoms with van der Waals surface area (Å²) in [6, 6.07) is -0.107. The van der Waals surface area contributed by atoms with E-state index < -0.39 is 0 Å². The van der Waals surface area contributed by atoms with Gasteiger partial charge in [0, 0.05) is 6.04 Å². The van der Waals surface area contributed by atoms with E-state index in [4.69, 9.17) is 5.73 Å². The Kier molecular flexibility index (Phi) is 7.39. The van der Waals surface area contributed by atoms with E-state index in [2.05, 4.69) is 26.1 Å². The maximum atomic E-state index is 11.6. The van der Waals surface area contributed by atoms with E-state index >= 15 is 0 Å². The largest absolute Gasteiger partial charge is 0.352 e. The first kappa shape index (κ1) is 14.4. The van der Waals surface area contributed by atoms with Gasteiger partial charge in [-0.3, -0.25) is 4.79 Å². The minimum absolute atomic E-state index is 0.00713. The summed E-state index contributed by atoms with van der Waals surface area (Å²) >= 11 is 0. The smallest absolute Gasteiger partial charge is 0.237 e. The van der Waals surface area contributed by atoms with Crippen molar-refractivity contribution in [2.24, 2.45) is 11.7 Å². The van der Waals surface area contributed by atoms with Crippen molar-refractivity contribution < 1.29 is 4.79 Å². The molecule has 0 aliphatic heterocycles. The molecule has 0 spiro atoms. The SMILES string of the molecule is CCCCC(C)NC(=O)[C@H](N)CC(C)C. The van der Waals surface area contributed by atoms with Gasteiger partial charge in [0.1, 0.15) is 0 Å². The molecule has 0 aromatic carbocycles. The highest BCUT2D eigenvalue weighted by Crippen LogP contribution is 2.04. The number of hydrogen-bond acceptors (Lipinski definition) is 2. The summed E-state index contributed by atoms with van der Waals surface area (Å²) in [5, 5.41) is 2.96. The third kappa shape index (κ3) is 7.37. The van der Waals surface area contributed by atoms with Crippen LogP contribution in [-0.2, 0) is 4.79 Å². The minimum Gasteiger partial charge on any atom is -0.352 e. The molecule has 0 rings (SSSR count). The number of rotatable bonds is 7. The lowest BCUT2D eigenvalue weighted by Crippen LogP contribution is -2.44. The normalized spacial score (nSPS) is 15.1. The molecule has 0 aromatic rings. The van der Waals surface area contributed by atoms with E-state index in [1.807, 2.05) is 6.92 Å². The standard InChI is InChI=1S/C12H26N2O/c1-5-6-7-10(4)14-12(15)11(13)8-9(2)3/h9-11H,5-8,13H2,1-4H3,(H,14,15)/t10?,11-/m1/s1. The first-order valence-electron chi connectivity index (χ1n) is 6.03. The van der Waals surface area contributed by atoms with Crippen molar-refractivity contribution in [1.82, 2.24) is 5.32 Å². The summed E-state index contributed by atoms with van der Waals surface area (Å²) in [5.41, 5.74) is 5.78. The predicted molar refractivity (Wildman–Crippen MR) is 64.6 cm³/mol. The van der Waals surface area contributed by atoms with Crippen LogP contribution in [0, 0.1) is 5.92 Å². The number of hydrogen-bond donors (Lipinski definition) is 2. The van der Waals surface area contributed by atoms with Crippen molar-refractivity contribution in [3.05, 3.63) is 0 Å². The predicted octanol–water partition coefficient (Wildman–Crippen LogP) is 2.05. The van der Waals surface area contributed by atoms with Gasteiger partial charge in [-0.05, 0) is 25.7 Å². The van der Waals surface area contributed by atoms with Gasteiger partial charge in [0.15, 0.2) is 0 Å². The molecule has 0 heterocycles. The van der Waals surface area contributed by atoms with Crippen molar-refractivity contribution in [3.8, 4) is 0 Å². The average Bonchev–Trinajstić information content (AvgIpc) is 2.13. The zero-order chi connectivity index (χ0) is 11.8. The summed E-state index contributed by atoms with van der Waals surface area (Å²) in [6.45, 7) is 8.34. The number of carbonyl (C=O) groups is 1. The molecule has 3 heteroatoms. The van der Waals surface area contributed by atoms with Crippen molar-refractivity contribution >= 4 is 5.91 Å². The molecule has 0 bridgehead atoms. The fraction of sp³-hybridized carbons (Fsp3) is 0.917. The van der Waals surface area contributed by atoms with Crippen molar-refractivity contribution in [3.63, 3.8) is 0 Å². The Hall–Kier alpha value is -0.570. The van der Waals surface area contributed by atoms with Crippen molar-refractivity contribution in [1.29, 1.82) is 0 Å². The maximum absolute atomic E-state index is 11.6. The van der Waals surface area contributed by atoms with E-state index in [1.54, 1.807) is 0 Å². The summed E-state index contributed by atoms with van der Waals surface area (Å²) in [6.07, 6.45) is 4.11. The molecular weight excluding hydrogens is 188 g/mol. The van der Waals surface area contributed by atoms with Gasteiger partial charge < -0.3 is 11.1 Å². The monoisotopic (exact) mass is 214 g/mol. The van der Waals surface area contributed by atoms with Crippen LogP contribution >= 0.6 is 0 Å². The van der Waals surface area contributed by atoms with Crippen LogP contribution in [0.4, 0.5) is 0 Å². The molecular formula is C12H26N2O. The number of unbranched alkanes of at least 4 members (excludes halogenated alkanes) is 1. The van der Waals surface area contributed by atoms with Gasteiger partial charge in [0.2, 0.25) is 5.91 Å². The Morgan fingerprint density at radius 3 is 2.40 bits per heavy atom. The van der Waals surface area contributed by atoms with E-state index in [0.29, 0.717) is 5.92 Å². The molecule has 0 aliphatic rings. The topological polar surface area (TPSA) is 55.1 Å². The molecule has 90 valence electrons. The molecule has 1 unspecified atom stereocenters. The number of carbonyl (C=O) groups excluding carboxylic acids is 1. The Labute approximate surface area is 93.8 Å². The number of nitrogens with one attached hydrogen (secondary N) is 1. The molecule has 0 saturated carbocycles. The minimum atomic E-state index is -0.353. The second-order valence-corrected chi connectivity index (χ2v) is 4.79. The van der Waals surface area contributed by atoms with Gasteiger partial charge in [-0.15, -0.1) is 0 Å². The molecule has 3 nitrogen and oxygen atoms in total. The fourth-order valence-corrected chi connectivity index (χ4v) is 1.55. The molecule has 0 aromatic heterocycles. The second kappa shape index (κ2) is 7.69. The number of nitrogens with two attached hydrogens (primary N) is 1. The zero-order valence-corrected chi connectivity index (χ0v) is 10.5. The first-order valence-corrected chi connectivity index (χ1v) is 6.03. The lowest BCUT2D eigenvalue weighted by atomic mass is 10.0. The van der Waals surface area contributed by atoms with Crippen LogP contribution < -0.4 is 11.1 Å². The molecule has 0 fully saturated rings. The molecule has 3 N–H and O–H groups in total. The second-order valence-electron chi connectivity index (χ2n) is 4.79. The highest BCUT2D eigenvalue weighted by molar-refractivity contribution is 5.81. The van der Waals surface area contributed by atoms with E-state index in [9.17, 15) is 4.79 Å². The molecule has 2 atom stereocenters. The maximum Gasteiger partial charge on any atom is 0.237 e. The summed E-state index contributed by atoms with van der Waals surface area (Å²) in [5.74, 6) is 0.462. The van der Waals surface area contributed by atoms with Crippen LogP contribution in [0.5, 0.6) is 0 Å². The van der Waals surface area contributed by atoms with Crippen LogP contribution in [0.3, 0.4) is 0 Å². The third-order valence-electron chi connectivity index (χ3n) is 2.44. The molecule has 1 amide bonds. The van der Waals surface area contributed by atoms with Crippen LogP contribution in [0.25, 0.3) is 0 Å². The van der Waals surface area contributed by atoms with Gasteiger partial charge in [-0.25, -0.2) is 0 Å². The van der Waals surface area contributed by atoms with Crippen molar-refractivity contribution in [2.45, 2.75) is 65.5 Å². The van der Waals surface area contributed by atoms with E-state index in [-0.39, 0.29) is 18.0 Å². The highest BCUT2D eigenvalue weighted by atomic mass is 16.2. The van der Waals surface area contributed by atoms with Crippen LogP contribution in [-0.4, -0.2) is 18.0 Å². The zero-order valence-electron chi connectivity index (χ0n) is 10.5. The fourth-order valence-electron chi connectivity index (χ4n) is 1.55. The lowest BCUT2D eigenvalue weighted by molar-refractivity contribution is -0.123. The van der Waals surface area contributed by atoms with Gasteiger partial charge in [-0.2, -0.15) is 0 Å². The van der Waals surface area contributed by atoms with Gasteiger partial charge in [0.05, 0.1) is 6.04 Å². The molecule has 0 saturated heterocycles. The van der Waals surface area contributed by atoms with E-state index in [1.165, 1.54) is 0 Å². The van der Waals surface area contributed by atoms with Gasteiger partial charge >= 0.3 is 0 Å². The average molecular weight is 214 g/mol. The molecule has 15 heavy (non-hydrogen) atoms. The van der Waals surface area contributed by atoms with Crippen LogP contribution in [0.1, 0.15) is 53.4 Å².